The van der Waals surface area contributed by atoms with Crippen molar-refractivity contribution in [3.63, 3.8) is 0 Å². The zero-order valence-electron chi connectivity index (χ0n) is 18.6. The summed E-state index contributed by atoms with van der Waals surface area (Å²) in [7, 11) is 0. The Hall–Kier alpha value is -3.50. The molecule has 182 valence electrons. The highest BCUT2D eigenvalue weighted by Gasteiger charge is 2.29. The summed E-state index contributed by atoms with van der Waals surface area (Å²) in [5, 5.41) is 3.21. The molecule has 3 amide bonds. The number of rotatable bonds is 7. The second-order valence-electron chi connectivity index (χ2n) is 7.93. The van der Waals surface area contributed by atoms with Gasteiger partial charge in [-0.15, -0.1) is 11.3 Å². The van der Waals surface area contributed by atoms with Crippen molar-refractivity contribution in [3.05, 3.63) is 75.1 Å². The molecule has 0 unspecified atom stereocenters. The molecule has 0 spiro atoms. The van der Waals surface area contributed by atoms with Gasteiger partial charge in [0.1, 0.15) is 10.8 Å². The van der Waals surface area contributed by atoms with Crippen LogP contribution in [-0.2, 0) is 35.4 Å². The van der Waals surface area contributed by atoms with Crippen molar-refractivity contribution in [1.82, 2.24) is 9.88 Å². The third-order valence-electron chi connectivity index (χ3n) is 5.50. The van der Waals surface area contributed by atoms with Crippen LogP contribution in [0.15, 0.2) is 42.6 Å². The summed E-state index contributed by atoms with van der Waals surface area (Å²) in [4.78, 5) is 43.6. The van der Waals surface area contributed by atoms with E-state index in [2.05, 4.69) is 10.3 Å². The number of fused-ring (bicyclic) bond motifs is 1. The predicted molar refractivity (Wildman–Crippen MR) is 130 cm³/mol. The lowest BCUT2D eigenvalue weighted by Gasteiger charge is -2.27. The first-order chi connectivity index (χ1) is 16.8. The third kappa shape index (κ3) is 6.14. The Labute approximate surface area is 209 Å². The number of hydrogen-bond acceptors (Lipinski definition) is 6. The Morgan fingerprint density at radius 3 is 2.80 bits per heavy atom. The molecule has 3 heterocycles. The number of benzene rings is 1. The maximum atomic E-state index is 14.1. The highest BCUT2D eigenvalue weighted by molar-refractivity contribution is 7.17. The normalized spacial score (nSPS) is 12.7. The Kier molecular flexibility index (Phi) is 7.62. The van der Waals surface area contributed by atoms with E-state index < -0.39 is 17.8 Å². The number of hydrogen-bond donors (Lipinski definition) is 2. The second-order valence-corrected chi connectivity index (χ2v) is 9.47. The topological polar surface area (TPSA) is 115 Å². The number of anilines is 1. The van der Waals surface area contributed by atoms with Crippen molar-refractivity contribution in [2.24, 2.45) is 5.73 Å². The van der Waals surface area contributed by atoms with Gasteiger partial charge in [0, 0.05) is 40.3 Å². The first kappa shape index (κ1) is 24.6. The van der Waals surface area contributed by atoms with Crippen molar-refractivity contribution in [3.8, 4) is 5.75 Å². The number of nitrogens with zero attached hydrogens (tertiary/aromatic N) is 2. The van der Waals surface area contributed by atoms with E-state index in [0.29, 0.717) is 32.4 Å². The van der Waals surface area contributed by atoms with Crippen LogP contribution in [-0.4, -0.2) is 34.3 Å². The van der Waals surface area contributed by atoms with Gasteiger partial charge in [-0.05, 0) is 42.7 Å². The standard InChI is InChI=1S/C24H22ClFN4O4S/c25-15-5-4-14(18(26)12-15)11-20(31)29-23-22(34-24(27)33)17-8-10-30(13-19(17)35-23)21(32)7-6-16-3-1-2-9-28-16/h1-5,9,12H,6-8,10-11,13H2,(H2,27,33)(H,29,31). The number of nitrogens with two attached hydrogens (primary N) is 1. The summed E-state index contributed by atoms with van der Waals surface area (Å²) in [6.07, 6.45) is 1.73. The lowest BCUT2D eigenvalue weighted by Crippen LogP contribution is -2.35. The van der Waals surface area contributed by atoms with E-state index >= 15 is 0 Å². The van der Waals surface area contributed by atoms with Crippen molar-refractivity contribution >= 4 is 45.8 Å². The van der Waals surface area contributed by atoms with Crippen LogP contribution in [0.5, 0.6) is 5.75 Å². The molecule has 0 atom stereocenters. The molecule has 0 aliphatic carbocycles. The van der Waals surface area contributed by atoms with E-state index in [1.165, 1.54) is 23.5 Å². The predicted octanol–water partition coefficient (Wildman–Crippen LogP) is 4.09. The van der Waals surface area contributed by atoms with Crippen molar-refractivity contribution < 1.29 is 23.5 Å². The van der Waals surface area contributed by atoms with Gasteiger partial charge >= 0.3 is 6.09 Å². The molecule has 0 bridgehead atoms. The number of halogens is 2. The summed E-state index contributed by atoms with van der Waals surface area (Å²) in [6.45, 7) is 0.751. The molecule has 0 saturated heterocycles. The minimum absolute atomic E-state index is 0.0177. The molecule has 35 heavy (non-hydrogen) atoms. The van der Waals surface area contributed by atoms with Gasteiger partial charge in [-0.25, -0.2) is 9.18 Å². The number of aryl methyl sites for hydroxylation is 1. The first-order valence-corrected chi connectivity index (χ1v) is 12.0. The van der Waals surface area contributed by atoms with Crippen molar-refractivity contribution in [1.29, 1.82) is 0 Å². The molecule has 0 saturated carbocycles. The Bertz CT molecular complexity index is 1270. The summed E-state index contributed by atoms with van der Waals surface area (Å²) in [5.74, 6) is -0.937. The maximum Gasteiger partial charge on any atom is 0.410 e. The SMILES string of the molecule is NC(=O)Oc1c(NC(=O)Cc2ccc(Cl)cc2F)sc2c1CCN(C(=O)CCc1ccccn1)C2. The molecule has 11 heteroatoms. The number of carbonyl (C=O) groups is 3. The van der Waals surface area contributed by atoms with Crippen LogP contribution in [0.1, 0.15) is 28.1 Å². The van der Waals surface area contributed by atoms with Crippen LogP contribution in [0.2, 0.25) is 5.02 Å². The highest BCUT2D eigenvalue weighted by atomic mass is 35.5. The molecule has 3 aromatic rings. The van der Waals surface area contributed by atoms with Gasteiger partial charge in [-0.3, -0.25) is 14.6 Å². The van der Waals surface area contributed by atoms with E-state index in [-0.39, 0.29) is 33.7 Å². The second kappa shape index (κ2) is 10.8. The van der Waals surface area contributed by atoms with Crippen molar-refractivity contribution in [2.45, 2.75) is 32.2 Å². The number of ether oxygens (including phenoxy) is 1. The molecule has 2 aromatic heterocycles. The van der Waals surface area contributed by atoms with Gasteiger partial charge in [0.25, 0.3) is 0 Å². The summed E-state index contributed by atoms with van der Waals surface area (Å²) < 4.78 is 19.3. The molecule has 1 aliphatic heterocycles. The van der Waals surface area contributed by atoms with E-state index in [9.17, 15) is 18.8 Å². The Morgan fingerprint density at radius 1 is 1.26 bits per heavy atom. The third-order valence-corrected chi connectivity index (χ3v) is 6.85. The molecule has 8 nitrogen and oxygen atoms in total. The van der Waals surface area contributed by atoms with Gasteiger partial charge in [0.05, 0.1) is 13.0 Å². The van der Waals surface area contributed by atoms with Gasteiger partial charge in [0.15, 0.2) is 5.75 Å². The number of thiophene rings is 1. The van der Waals surface area contributed by atoms with Gasteiger partial charge in [0.2, 0.25) is 11.8 Å². The van der Waals surface area contributed by atoms with E-state index in [4.69, 9.17) is 22.1 Å². The fourth-order valence-electron chi connectivity index (χ4n) is 3.83. The minimum Gasteiger partial charge on any atom is -0.407 e. The molecule has 4 rings (SSSR count). The zero-order valence-corrected chi connectivity index (χ0v) is 20.1. The Balaban J connectivity index is 1.47. The van der Waals surface area contributed by atoms with Crippen LogP contribution in [0.3, 0.4) is 0 Å². The number of primary amides is 1. The first-order valence-electron chi connectivity index (χ1n) is 10.8. The van der Waals surface area contributed by atoms with E-state index in [1.807, 2.05) is 18.2 Å². The summed E-state index contributed by atoms with van der Waals surface area (Å²) in [5.41, 5.74) is 6.98. The molecule has 0 fully saturated rings. The average Bonchev–Trinajstić information content (AvgIpc) is 3.15. The van der Waals surface area contributed by atoms with Gasteiger partial charge < -0.3 is 20.7 Å². The highest BCUT2D eigenvalue weighted by Crippen LogP contribution is 2.43. The zero-order chi connectivity index (χ0) is 24.9. The molecule has 0 radical (unpaired) electrons. The number of carbonyl (C=O) groups excluding carboxylic acids is 3. The van der Waals surface area contributed by atoms with Gasteiger partial charge in [-0.1, -0.05) is 23.7 Å². The average molecular weight is 517 g/mol. The number of pyridine rings is 1. The lowest BCUT2D eigenvalue weighted by molar-refractivity contribution is -0.132. The summed E-state index contributed by atoms with van der Waals surface area (Å²) in [6, 6.07) is 9.64. The molecular formula is C24H22ClFN4O4S. The maximum absolute atomic E-state index is 14.1. The van der Waals surface area contributed by atoms with Crippen LogP contribution in [0.25, 0.3) is 0 Å². The molecule has 1 aliphatic rings. The quantitative estimate of drug-likeness (QED) is 0.491. The van der Waals surface area contributed by atoms with Crippen molar-refractivity contribution in [2.75, 3.05) is 11.9 Å². The number of nitrogens with one attached hydrogen (secondary N) is 1. The summed E-state index contributed by atoms with van der Waals surface area (Å²) >= 11 is 6.96. The Morgan fingerprint density at radius 2 is 2.09 bits per heavy atom. The molecular weight excluding hydrogens is 495 g/mol. The van der Waals surface area contributed by atoms with Crippen LogP contribution in [0, 0.1) is 5.82 Å². The molecule has 3 N–H and O–H groups in total. The van der Waals surface area contributed by atoms with Gasteiger partial charge in [-0.2, -0.15) is 0 Å². The fourth-order valence-corrected chi connectivity index (χ4v) is 5.19. The van der Waals surface area contributed by atoms with Crippen LogP contribution < -0.4 is 15.8 Å². The van der Waals surface area contributed by atoms with Crippen LogP contribution in [0.4, 0.5) is 14.2 Å². The smallest absolute Gasteiger partial charge is 0.407 e. The van der Waals surface area contributed by atoms with E-state index in [1.54, 1.807) is 11.1 Å². The lowest BCUT2D eigenvalue weighted by atomic mass is 10.1. The fraction of sp³-hybridized carbons (Fsp3) is 0.250. The monoisotopic (exact) mass is 516 g/mol. The minimum atomic E-state index is -1.02. The molecule has 1 aromatic carbocycles. The largest absolute Gasteiger partial charge is 0.410 e. The van der Waals surface area contributed by atoms with E-state index in [0.717, 1.165) is 22.2 Å². The number of aromatic nitrogens is 1. The van der Waals surface area contributed by atoms with Crippen LogP contribution >= 0.6 is 22.9 Å². The number of amides is 3.